The van der Waals surface area contributed by atoms with E-state index < -0.39 is 0 Å². The highest BCUT2D eigenvalue weighted by molar-refractivity contribution is 7.71. The summed E-state index contributed by atoms with van der Waals surface area (Å²) < 4.78 is 8.23. The van der Waals surface area contributed by atoms with E-state index in [9.17, 15) is 0 Å². The standard InChI is InChI=1S/C14H16N2OS/c1-2-17-12-7-5-11(6-8-12)16-14(18)9-13(15-16)10-3-4-10/h5-10,15H,2-4H2,1H3. The summed E-state index contributed by atoms with van der Waals surface area (Å²) in [7, 11) is 0. The van der Waals surface area contributed by atoms with Gasteiger partial charge < -0.3 is 4.74 Å². The number of aromatic amines is 1. The molecule has 0 amide bonds. The van der Waals surface area contributed by atoms with Gasteiger partial charge in [-0.3, -0.25) is 5.10 Å². The third-order valence-corrected chi connectivity index (χ3v) is 3.46. The van der Waals surface area contributed by atoms with Gasteiger partial charge in [-0.2, -0.15) is 0 Å². The van der Waals surface area contributed by atoms with Crippen molar-refractivity contribution >= 4 is 12.2 Å². The first-order valence-corrected chi connectivity index (χ1v) is 6.74. The lowest BCUT2D eigenvalue weighted by Crippen LogP contribution is -1.98. The SMILES string of the molecule is CCOc1ccc(-n2[nH]c(C3CC3)cc2=S)cc1. The fraction of sp³-hybridized carbons (Fsp3) is 0.357. The zero-order valence-electron chi connectivity index (χ0n) is 10.3. The maximum atomic E-state index is 5.43. The van der Waals surface area contributed by atoms with E-state index in [0.29, 0.717) is 12.5 Å². The Kier molecular flexibility index (Phi) is 2.96. The molecule has 1 saturated carbocycles. The largest absolute Gasteiger partial charge is 0.494 e. The molecule has 1 N–H and O–H groups in total. The predicted octanol–water partition coefficient (Wildman–Crippen LogP) is 3.81. The summed E-state index contributed by atoms with van der Waals surface area (Å²) in [6.45, 7) is 2.67. The van der Waals surface area contributed by atoms with Crippen molar-refractivity contribution < 1.29 is 4.74 Å². The highest BCUT2D eigenvalue weighted by Crippen LogP contribution is 2.39. The number of hydrogen-bond acceptors (Lipinski definition) is 2. The van der Waals surface area contributed by atoms with Crippen LogP contribution in [0.4, 0.5) is 0 Å². The van der Waals surface area contributed by atoms with E-state index in [1.165, 1.54) is 18.5 Å². The van der Waals surface area contributed by atoms with Crippen molar-refractivity contribution in [1.82, 2.24) is 9.78 Å². The molecule has 0 spiro atoms. The first-order valence-electron chi connectivity index (χ1n) is 6.33. The second-order valence-corrected chi connectivity index (χ2v) is 5.00. The number of H-pyrrole nitrogens is 1. The quantitative estimate of drug-likeness (QED) is 0.847. The molecule has 2 aromatic rings. The molecule has 1 aliphatic rings. The molecular formula is C14H16N2OS. The van der Waals surface area contributed by atoms with Gasteiger partial charge in [-0.1, -0.05) is 12.2 Å². The average molecular weight is 260 g/mol. The number of ether oxygens (including phenoxy) is 1. The van der Waals surface area contributed by atoms with Crippen molar-refractivity contribution in [1.29, 1.82) is 0 Å². The summed E-state index contributed by atoms with van der Waals surface area (Å²) in [5, 5.41) is 3.38. The summed E-state index contributed by atoms with van der Waals surface area (Å²) >= 11 is 5.39. The molecule has 0 atom stereocenters. The summed E-state index contributed by atoms with van der Waals surface area (Å²) in [6.07, 6.45) is 2.55. The molecule has 4 heteroatoms. The van der Waals surface area contributed by atoms with E-state index in [2.05, 4.69) is 11.2 Å². The van der Waals surface area contributed by atoms with Crippen LogP contribution in [-0.2, 0) is 0 Å². The van der Waals surface area contributed by atoms with Gasteiger partial charge in [0.1, 0.15) is 10.4 Å². The van der Waals surface area contributed by atoms with Gasteiger partial charge in [-0.25, -0.2) is 4.68 Å². The zero-order valence-corrected chi connectivity index (χ0v) is 11.2. The van der Waals surface area contributed by atoms with E-state index in [1.807, 2.05) is 35.9 Å². The van der Waals surface area contributed by atoms with Crippen molar-refractivity contribution in [2.45, 2.75) is 25.7 Å². The molecular weight excluding hydrogens is 244 g/mol. The van der Waals surface area contributed by atoms with Crippen LogP contribution in [0.1, 0.15) is 31.4 Å². The number of rotatable bonds is 4. The van der Waals surface area contributed by atoms with E-state index in [4.69, 9.17) is 17.0 Å². The summed E-state index contributed by atoms with van der Waals surface area (Å²) in [5.74, 6) is 1.58. The van der Waals surface area contributed by atoms with Gasteiger partial charge in [0.05, 0.1) is 12.3 Å². The average Bonchev–Trinajstić information content (AvgIpc) is 3.15. The van der Waals surface area contributed by atoms with Crippen LogP contribution in [0.25, 0.3) is 5.69 Å². The van der Waals surface area contributed by atoms with Crippen LogP contribution in [0.15, 0.2) is 30.3 Å². The fourth-order valence-corrected chi connectivity index (χ4v) is 2.35. The van der Waals surface area contributed by atoms with Gasteiger partial charge in [-0.15, -0.1) is 0 Å². The van der Waals surface area contributed by atoms with E-state index in [0.717, 1.165) is 16.1 Å². The van der Waals surface area contributed by atoms with Crippen molar-refractivity contribution in [3.8, 4) is 11.4 Å². The molecule has 1 heterocycles. The maximum Gasteiger partial charge on any atom is 0.127 e. The van der Waals surface area contributed by atoms with Gasteiger partial charge in [0.15, 0.2) is 0 Å². The Bertz CT molecular complexity index is 593. The Morgan fingerprint density at radius 3 is 2.67 bits per heavy atom. The van der Waals surface area contributed by atoms with Crippen LogP contribution in [0.3, 0.4) is 0 Å². The third kappa shape index (κ3) is 2.20. The first kappa shape index (κ1) is 11.5. The molecule has 1 fully saturated rings. The molecule has 94 valence electrons. The monoisotopic (exact) mass is 260 g/mol. The van der Waals surface area contributed by atoms with Gasteiger partial charge in [0.2, 0.25) is 0 Å². The van der Waals surface area contributed by atoms with Crippen LogP contribution >= 0.6 is 12.2 Å². The normalized spacial score (nSPS) is 14.7. The number of hydrogen-bond donors (Lipinski definition) is 1. The van der Waals surface area contributed by atoms with Crippen LogP contribution in [0.2, 0.25) is 0 Å². The molecule has 3 rings (SSSR count). The van der Waals surface area contributed by atoms with E-state index >= 15 is 0 Å². The van der Waals surface area contributed by atoms with Crippen LogP contribution in [0, 0.1) is 4.64 Å². The number of nitrogens with one attached hydrogen (secondary N) is 1. The van der Waals surface area contributed by atoms with Crippen molar-refractivity contribution in [3.63, 3.8) is 0 Å². The predicted molar refractivity (Wildman–Crippen MR) is 74.1 cm³/mol. The molecule has 0 saturated heterocycles. The van der Waals surface area contributed by atoms with E-state index in [-0.39, 0.29) is 0 Å². The van der Waals surface area contributed by atoms with Crippen LogP contribution in [0.5, 0.6) is 5.75 Å². The molecule has 0 aliphatic heterocycles. The molecule has 1 aromatic carbocycles. The number of benzene rings is 1. The van der Waals surface area contributed by atoms with Crippen molar-refractivity contribution in [2.75, 3.05) is 6.61 Å². The molecule has 0 bridgehead atoms. The topological polar surface area (TPSA) is 29.9 Å². The number of nitrogens with zero attached hydrogens (tertiary/aromatic N) is 1. The van der Waals surface area contributed by atoms with Crippen LogP contribution in [-0.4, -0.2) is 16.4 Å². The second kappa shape index (κ2) is 4.61. The first-order chi connectivity index (χ1) is 8.78. The Labute approximate surface area is 111 Å². The Morgan fingerprint density at radius 1 is 1.33 bits per heavy atom. The minimum atomic E-state index is 0.688. The lowest BCUT2D eigenvalue weighted by atomic mass is 10.3. The fourth-order valence-electron chi connectivity index (χ4n) is 2.07. The van der Waals surface area contributed by atoms with Crippen LogP contribution < -0.4 is 4.74 Å². The van der Waals surface area contributed by atoms with Crippen molar-refractivity contribution in [3.05, 3.63) is 40.7 Å². The Morgan fingerprint density at radius 2 is 2.06 bits per heavy atom. The summed E-state index contributed by atoms with van der Waals surface area (Å²) in [5.41, 5.74) is 2.31. The molecule has 18 heavy (non-hydrogen) atoms. The van der Waals surface area contributed by atoms with Crippen molar-refractivity contribution in [2.24, 2.45) is 0 Å². The molecule has 1 aliphatic carbocycles. The van der Waals surface area contributed by atoms with Gasteiger partial charge in [0.25, 0.3) is 0 Å². The highest BCUT2D eigenvalue weighted by Gasteiger charge is 2.25. The van der Waals surface area contributed by atoms with E-state index in [1.54, 1.807) is 0 Å². The van der Waals surface area contributed by atoms with Gasteiger partial charge >= 0.3 is 0 Å². The van der Waals surface area contributed by atoms with Gasteiger partial charge in [0, 0.05) is 11.6 Å². The molecule has 0 unspecified atom stereocenters. The highest BCUT2D eigenvalue weighted by atomic mass is 32.1. The smallest absolute Gasteiger partial charge is 0.127 e. The Hall–Kier alpha value is -1.55. The Balaban J connectivity index is 1.91. The summed E-state index contributed by atoms with van der Waals surface area (Å²) in [4.78, 5) is 0. The zero-order chi connectivity index (χ0) is 12.5. The molecule has 3 nitrogen and oxygen atoms in total. The number of aromatic nitrogens is 2. The third-order valence-electron chi connectivity index (χ3n) is 3.16. The maximum absolute atomic E-state index is 5.43. The minimum absolute atomic E-state index is 0.688. The minimum Gasteiger partial charge on any atom is -0.494 e. The summed E-state index contributed by atoms with van der Waals surface area (Å²) in [6, 6.07) is 10.1. The lowest BCUT2D eigenvalue weighted by molar-refractivity contribution is 0.340. The second-order valence-electron chi connectivity index (χ2n) is 4.59. The van der Waals surface area contributed by atoms with Gasteiger partial charge in [-0.05, 0) is 50.1 Å². The molecule has 1 aromatic heterocycles. The molecule has 0 radical (unpaired) electrons. The lowest BCUT2D eigenvalue weighted by Gasteiger charge is -2.06.